The average molecular weight is 725 g/mol. The van der Waals surface area contributed by atoms with Gasteiger partial charge in [0.25, 0.3) is 5.91 Å². The van der Waals surface area contributed by atoms with Gasteiger partial charge in [0.2, 0.25) is 11.8 Å². The summed E-state index contributed by atoms with van der Waals surface area (Å²) in [5.74, 6) is -2.23. The molecule has 3 aliphatic heterocycles. The maximum atomic E-state index is 14.3. The lowest BCUT2D eigenvalue weighted by Crippen LogP contribution is -2.58. The summed E-state index contributed by atoms with van der Waals surface area (Å²) in [5.41, 5.74) is -0.0654. The first kappa shape index (κ1) is 35.1. The first-order valence-corrected chi connectivity index (χ1v) is 19.3. The lowest BCUT2D eigenvalue weighted by molar-refractivity contribution is -0.141. The van der Waals surface area contributed by atoms with Crippen LogP contribution in [0.2, 0.25) is 0 Å². The minimum atomic E-state index is -1.56. The number of halogens is 1. The van der Waals surface area contributed by atoms with Crippen molar-refractivity contribution in [2.45, 2.75) is 112 Å². The Morgan fingerprint density at radius 1 is 1.04 bits per heavy atom. The second-order valence-electron chi connectivity index (χ2n) is 14.5. The molecule has 3 heterocycles. The molecule has 15 heteroatoms. The Kier molecular flexibility index (Phi) is 10.2. The predicted molar refractivity (Wildman–Crippen MR) is 184 cm³/mol. The molecule has 7 rings (SSSR count). The normalized spacial score (nSPS) is 30.5. The molecule has 13 nitrogen and oxygen atoms in total. The Morgan fingerprint density at radius 3 is 2.63 bits per heavy atom. The van der Waals surface area contributed by atoms with Crippen LogP contribution in [-0.2, 0) is 43.1 Å². The van der Waals surface area contributed by atoms with Gasteiger partial charge in [-0.25, -0.2) is 18.2 Å². The van der Waals surface area contributed by atoms with E-state index in [1.54, 1.807) is 12.1 Å². The zero-order valence-electron chi connectivity index (χ0n) is 28.4. The fraction of sp³-hybridized carbons (Fsp3) is 0.583. The van der Waals surface area contributed by atoms with E-state index >= 15 is 0 Å². The van der Waals surface area contributed by atoms with Gasteiger partial charge in [-0.3, -0.25) is 19.1 Å². The summed E-state index contributed by atoms with van der Waals surface area (Å²) in [5, 5.41) is 8.58. The molecule has 2 saturated carbocycles. The van der Waals surface area contributed by atoms with Crippen LogP contribution in [0.25, 0.3) is 0 Å². The smallest absolute Gasteiger partial charge is 0.410 e. The van der Waals surface area contributed by atoms with Gasteiger partial charge in [-0.05, 0) is 75.0 Å². The third-order valence-corrected chi connectivity index (χ3v) is 12.3. The maximum Gasteiger partial charge on any atom is 0.410 e. The highest BCUT2D eigenvalue weighted by Crippen LogP contribution is 2.46. The van der Waals surface area contributed by atoms with E-state index in [1.165, 1.54) is 15.9 Å². The van der Waals surface area contributed by atoms with Gasteiger partial charge >= 0.3 is 12.1 Å². The number of ether oxygens (including phenoxy) is 1. The Hall–Kier alpha value is -4.27. The van der Waals surface area contributed by atoms with E-state index in [9.17, 15) is 32.6 Å². The molecule has 274 valence electrons. The van der Waals surface area contributed by atoms with Crippen molar-refractivity contribution in [1.29, 1.82) is 0 Å². The van der Waals surface area contributed by atoms with E-state index in [0.29, 0.717) is 56.1 Å². The van der Waals surface area contributed by atoms with Gasteiger partial charge in [-0.1, -0.05) is 42.9 Å². The molecule has 0 aromatic heterocycles. The molecule has 1 aromatic carbocycles. The fourth-order valence-corrected chi connectivity index (χ4v) is 8.69. The van der Waals surface area contributed by atoms with Crippen LogP contribution >= 0.6 is 0 Å². The summed E-state index contributed by atoms with van der Waals surface area (Å²) in [6.45, 7) is 0.318. The van der Waals surface area contributed by atoms with Crippen LogP contribution in [0.3, 0.4) is 0 Å². The van der Waals surface area contributed by atoms with Gasteiger partial charge in [-0.15, -0.1) is 0 Å². The number of carbonyl (C=O) groups excluding carboxylic acids is 5. The number of fused-ring (bicyclic) bond motifs is 3. The van der Waals surface area contributed by atoms with Crippen molar-refractivity contribution in [3.63, 3.8) is 0 Å². The van der Waals surface area contributed by atoms with Crippen molar-refractivity contribution < 1.29 is 37.3 Å². The van der Waals surface area contributed by atoms with Crippen LogP contribution in [0.1, 0.15) is 75.3 Å². The topological polar surface area (TPSA) is 166 Å². The average Bonchev–Trinajstić information content (AvgIpc) is 3.98. The second-order valence-corrected chi connectivity index (χ2v) is 16.0. The zero-order valence-corrected chi connectivity index (χ0v) is 29.3. The number of allylic oxidation sites excluding steroid dienone is 1. The largest absolute Gasteiger partial charge is 0.444 e. The van der Waals surface area contributed by atoms with Crippen molar-refractivity contribution in [3.8, 4) is 0 Å². The Bertz CT molecular complexity index is 1660. The van der Waals surface area contributed by atoms with Gasteiger partial charge in [0.1, 0.15) is 40.5 Å². The van der Waals surface area contributed by atoms with Gasteiger partial charge < -0.3 is 30.5 Å². The zero-order chi connectivity index (χ0) is 35.7. The molecule has 1 aromatic rings. The van der Waals surface area contributed by atoms with Gasteiger partial charge in [0.05, 0.1) is 11.8 Å². The first-order valence-electron chi connectivity index (χ1n) is 18.1. The molecule has 1 unspecified atom stereocenters. The summed E-state index contributed by atoms with van der Waals surface area (Å²) < 4.78 is 35.5. The summed E-state index contributed by atoms with van der Waals surface area (Å²) in [7, 11) is -1.56. The Balaban J connectivity index is 1.10. The SMILES string of the molecule is O=C(NC1CC=CC1)N[C@H]1CCCC/C=C\[C@@H]2C[C@@]2(C(=O)NS(=O)C2CC2)NC(=O)[C@@H]2C[C@@H](OC(=O)N3CCc4c(F)cccc4C3)CN2C1=O. The molecule has 51 heavy (non-hydrogen) atoms. The molecule has 6 atom stereocenters. The number of urea groups is 1. The Labute approximate surface area is 298 Å². The van der Waals surface area contributed by atoms with Crippen LogP contribution in [0.5, 0.6) is 0 Å². The Morgan fingerprint density at radius 2 is 1.84 bits per heavy atom. The monoisotopic (exact) mass is 724 g/mol. The molecule has 6 amide bonds. The summed E-state index contributed by atoms with van der Waals surface area (Å²) >= 11 is 0. The van der Waals surface area contributed by atoms with Crippen molar-refractivity contribution in [3.05, 3.63) is 59.4 Å². The highest BCUT2D eigenvalue weighted by Gasteiger charge is 2.61. The minimum Gasteiger partial charge on any atom is -0.444 e. The standard InChI is InChI=1S/C36H45FN6O7S/c37-28-12-7-8-22-20-42(17-16-27(22)28)35(48)50-25-18-30-31(44)40-36(33(46)41-51(49)26-14-15-26)19-23(36)9-3-1-2-4-13-29(32(45)43(30)21-25)39-34(47)38-24-10-5-6-11-24/h3,5-9,12,23-26,29-30H,1-2,4,10-11,13-21H2,(H,40,44)(H,41,46)(H2,38,39,47)/b9-3-/t23-,25-,29+,30+,36-,51?/m1/s1. The van der Waals surface area contributed by atoms with E-state index in [4.69, 9.17) is 4.74 Å². The number of carbonyl (C=O) groups is 5. The van der Waals surface area contributed by atoms with E-state index in [0.717, 1.165) is 19.3 Å². The van der Waals surface area contributed by atoms with Gasteiger partial charge in [-0.2, -0.15) is 0 Å². The molecule has 3 aliphatic carbocycles. The molecule has 3 fully saturated rings. The number of amides is 6. The van der Waals surface area contributed by atoms with Gasteiger partial charge in [0.15, 0.2) is 0 Å². The van der Waals surface area contributed by atoms with Gasteiger partial charge in [0, 0.05) is 31.5 Å². The maximum absolute atomic E-state index is 14.3. The highest BCUT2D eigenvalue weighted by molar-refractivity contribution is 7.84. The van der Waals surface area contributed by atoms with Crippen LogP contribution < -0.4 is 20.7 Å². The van der Waals surface area contributed by atoms with Crippen molar-refractivity contribution in [2.75, 3.05) is 13.1 Å². The van der Waals surface area contributed by atoms with Crippen LogP contribution in [0, 0.1) is 11.7 Å². The van der Waals surface area contributed by atoms with E-state index in [1.807, 2.05) is 24.3 Å². The number of benzene rings is 1. The predicted octanol–water partition coefficient (Wildman–Crippen LogP) is 2.62. The molecule has 0 spiro atoms. The van der Waals surface area contributed by atoms with Crippen LogP contribution in [0.15, 0.2) is 42.5 Å². The molecule has 0 bridgehead atoms. The summed E-state index contributed by atoms with van der Waals surface area (Å²) in [6, 6.07) is 2.16. The van der Waals surface area contributed by atoms with Crippen molar-refractivity contribution in [2.24, 2.45) is 5.92 Å². The molecule has 1 saturated heterocycles. The van der Waals surface area contributed by atoms with E-state index in [2.05, 4.69) is 20.7 Å². The van der Waals surface area contributed by atoms with E-state index in [-0.39, 0.29) is 49.1 Å². The lowest BCUT2D eigenvalue weighted by Gasteiger charge is -2.30. The molecular formula is C36H45FN6O7S. The van der Waals surface area contributed by atoms with Crippen LogP contribution in [0.4, 0.5) is 14.0 Å². The second kappa shape index (κ2) is 14.8. The molecule has 0 radical (unpaired) electrons. The third-order valence-electron chi connectivity index (χ3n) is 10.8. The quantitative estimate of drug-likeness (QED) is 0.328. The molecular weight excluding hydrogens is 679 g/mol. The number of nitrogens with one attached hydrogen (secondary N) is 4. The number of hydrogen-bond donors (Lipinski definition) is 4. The van der Waals surface area contributed by atoms with Crippen LogP contribution in [-0.4, -0.2) is 92.0 Å². The summed E-state index contributed by atoms with van der Waals surface area (Å²) in [6.07, 6.45) is 12.3. The van der Waals surface area contributed by atoms with E-state index < -0.39 is 64.6 Å². The van der Waals surface area contributed by atoms with Crippen molar-refractivity contribution in [1.82, 2.24) is 30.5 Å². The molecule has 4 N–H and O–H groups in total. The first-order chi connectivity index (χ1) is 24.6. The summed E-state index contributed by atoms with van der Waals surface area (Å²) in [4.78, 5) is 71.4. The highest BCUT2D eigenvalue weighted by atomic mass is 32.2. The molecule has 6 aliphatic rings. The fourth-order valence-electron chi connectivity index (χ4n) is 7.59. The lowest BCUT2D eigenvalue weighted by atomic mass is 9.99. The number of nitrogens with zero attached hydrogens (tertiary/aromatic N) is 2. The number of rotatable bonds is 6. The van der Waals surface area contributed by atoms with Crippen molar-refractivity contribution >= 4 is 40.8 Å². The minimum absolute atomic E-state index is 0.0265. The third kappa shape index (κ3) is 7.82. The number of hydrogen-bond acceptors (Lipinski definition) is 7.